The molecular weight excluding hydrogens is 443 g/mol. The maximum Gasteiger partial charge on any atom is 0.417 e. The molecule has 0 unspecified atom stereocenters. The lowest BCUT2D eigenvalue weighted by molar-refractivity contribution is -0.138. The first-order valence-corrected chi connectivity index (χ1v) is 9.84. The summed E-state index contributed by atoms with van der Waals surface area (Å²) in [7, 11) is 1.60. The lowest BCUT2D eigenvalue weighted by Gasteiger charge is -2.10. The minimum atomic E-state index is -4.56. The Labute approximate surface area is 177 Å². The van der Waals surface area contributed by atoms with Gasteiger partial charge in [0.25, 0.3) is 5.56 Å². The van der Waals surface area contributed by atoms with E-state index in [0.717, 1.165) is 34.7 Å². The number of benzene rings is 1. The van der Waals surface area contributed by atoms with Crippen molar-refractivity contribution in [2.75, 3.05) is 11.1 Å². The number of anilines is 1. The van der Waals surface area contributed by atoms with E-state index in [1.807, 2.05) is 0 Å². The van der Waals surface area contributed by atoms with Crippen molar-refractivity contribution >= 4 is 35.0 Å². The topological polar surface area (TPSA) is 81.8 Å². The van der Waals surface area contributed by atoms with Crippen molar-refractivity contribution in [3.8, 4) is 0 Å². The SMILES string of the molecule is Cn1c(Cn2cc(C(F)(F)F)ccc2=O)nnc1SCC(=O)Nc1cccc(Cl)c1. The van der Waals surface area contributed by atoms with Gasteiger partial charge in [-0.15, -0.1) is 10.2 Å². The van der Waals surface area contributed by atoms with Crippen molar-refractivity contribution in [1.29, 1.82) is 0 Å². The molecule has 0 bridgehead atoms. The van der Waals surface area contributed by atoms with Gasteiger partial charge in [-0.25, -0.2) is 0 Å². The molecule has 0 fully saturated rings. The molecule has 3 aromatic rings. The van der Waals surface area contributed by atoms with Gasteiger partial charge in [0.15, 0.2) is 11.0 Å². The van der Waals surface area contributed by atoms with Crippen LogP contribution in [0.2, 0.25) is 5.02 Å². The summed E-state index contributed by atoms with van der Waals surface area (Å²) in [6.45, 7) is -0.193. The number of carbonyl (C=O) groups excluding carboxylic acids is 1. The molecule has 158 valence electrons. The smallest absolute Gasteiger partial charge is 0.325 e. The number of thioether (sulfide) groups is 1. The fraction of sp³-hybridized carbons (Fsp3) is 0.222. The minimum absolute atomic E-state index is 0.0298. The predicted molar refractivity (Wildman–Crippen MR) is 107 cm³/mol. The second kappa shape index (κ2) is 8.92. The van der Waals surface area contributed by atoms with Crippen molar-refractivity contribution in [2.24, 2.45) is 7.05 Å². The molecule has 0 aliphatic carbocycles. The summed E-state index contributed by atoms with van der Waals surface area (Å²) in [5, 5.41) is 11.4. The van der Waals surface area contributed by atoms with Crippen LogP contribution in [0.5, 0.6) is 0 Å². The normalized spacial score (nSPS) is 11.5. The van der Waals surface area contributed by atoms with E-state index in [1.54, 1.807) is 31.3 Å². The van der Waals surface area contributed by atoms with Crippen LogP contribution in [0.25, 0.3) is 0 Å². The Hall–Kier alpha value is -2.79. The molecule has 0 saturated heterocycles. The number of amides is 1. The standard InChI is InChI=1S/C18H15ClF3N5O2S/c1-26-14(9-27-8-11(18(20,21)22)5-6-16(27)29)24-25-17(26)30-10-15(28)23-13-4-2-3-12(19)7-13/h2-8H,9-10H2,1H3,(H,23,28). The fourth-order valence-corrected chi connectivity index (χ4v) is 3.40. The highest BCUT2D eigenvalue weighted by Crippen LogP contribution is 2.28. The highest BCUT2D eigenvalue weighted by atomic mass is 35.5. The Morgan fingerprint density at radius 1 is 1.23 bits per heavy atom. The molecular formula is C18H15ClF3N5O2S. The summed E-state index contributed by atoms with van der Waals surface area (Å²) in [6.07, 6.45) is -3.82. The molecule has 0 aliphatic rings. The first kappa shape index (κ1) is 21.9. The molecule has 3 rings (SSSR count). The van der Waals surface area contributed by atoms with Crippen LogP contribution in [-0.2, 0) is 24.6 Å². The van der Waals surface area contributed by atoms with Crippen LogP contribution in [0.3, 0.4) is 0 Å². The van der Waals surface area contributed by atoms with Crippen LogP contribution in [-0.4, -0.2) is 31.0 Å². The largest absolute Gasteiger partial charge is 0.417 e. The van der Waals surface area contributed by atoms with E-state index in [1.165, 1.54) is 4.57 Å². The first-order chi connectivity index (χ1) is 14.1. The van der Waals surface area contributed by atoms with E-state index in [9.17, 15) is 22.8 Å². The summed E-state index contributed by atoms with van der Waals surface area (Å²) >= 11 is 6.97. The molecule has 0 atom stereocenters. The van der Waals surface area contributed by atoms with Crippen molar-refractivity contribution in [1.82, 2.24) is 19.3 Å². The van der Waals surface area contributed by atoms with Gasteiger partial charge in [0.05, 0.1) is 17.9 Å². The van der Waals surface area contributed by atoms with Gasteiger partial charge in [-0.3, -0.25) is 9.59 Å². The maximum atomic E-state index is 12.9. The van der Waals surface area contributed by atoms with E-state index < -0.39 is 17.3 Å². The molecule has 1 N–H and O–H groups in total. The average molecular weight is 458 g/mol. The van der Waals surface area contributed by atoms with E-state index in [0.29, 0.717) is 15.9 Å². The molecule has 7 nitrogen and oxygen atoms in total. The number of rotatable bonds is 6. The van der Waals surface area contributed by atoms with Gasteiger partial charge in [0.1, 0.15) is 0 Å². The molecule has 2 aromatic heterocycles. The lowest BCUT2D eigenvalue weighted by atomic mass is 10.3. The van der Waals surface area contributed by atoms with Gasteiger partial charge in [-0.2, -0.15) is 13.2 Å². The van der Waals surface area contributed by atoms with Gasteiger partial charge >= 0.3 is 6.18 Å². The first-order valence-electron chi connectivity index (χ1n) is 8.47. The summed E-state index contributed by atoms with van der Waals surface area (Å²) in [6, 6.07) is 8.28. The molecule has 12 heteroatoms. The van der Waals surface area contributed by atoms with Crippen molar-refractivity contribution in [3.05, 3.63) is 69.4 Å². The summed E-state index contributed by atoms with van der Waals surface area (Å²) < 4.78 is 41.1. The van der Waals surface area contributed by atoms with Gasteiger partial charge < -0.3 is 14.5 Å². The van der Waals surface area contributed by atoms with E-state index in [-0.39, 0.29) is 24.0 Å². The van der Waals surface area contributed by atoms with Gasteiger partial charge in [-0.05, 0) is 24.3 Å². The van der Waals surface area contributed by atoms with Crippen LogP contribution in [0.1, 0.15) is 11.4 Å². The number of pyridine rings is 1. The Morgan fingerprint density at radius 3 is 2.70 bits per heavy atom. The monoisotopic (exact) mass is 457 g/mol. The molecule has 0 radical (unpaired) electrons. The molecule has 1 aromatic carbocycles. The number of nitrogens with one attached hydrogen (secondary N) is 1. The van der Waals surface area contributed by atoms with Gasteiger partial charge in [0, 0.05) is 30.0 Å². The summed E-state index contributed by atoms with van der Waals surface area (Å²) in [5.74, 6) is 0.0113. The number of aromatic nitrogens is 4. The Morgan fingerprint density at radius 2 is 2.00 bits per heavy atom. The van der Waals surface area contributed by atoms with Gasteiger partial charge in [-0.1, -0.05) is 29.4 Å². The molecule has 1 amide bonds. The van der Waals surface area contributed by atoms with Crippen molar-refractivity contribution in [2.45, 2.75) is 17.9 Å². The van der Waals surface area contributed by atoms with Crippen molar-refractivity contribution < 1.29 is 18.0 Å². The number of alkyl halides is 3. The number of nitrogens with zero attached hydrogens (tertiary/aromatic N) is 4. The van der Waals surface area contributed by atoms with E-state index >= 15 is 0 Å². The summed E-state index contributed by atoms with van der Waals surface area (Å²) in [4.78, 5) is 24.0. The van der Waals surface area contributed by atoms with E-state index in [4.69, 9.17) is 11.6 Å². The second-order valence-corrected chi connectivity index (χ2v) is 7.57. The number of carbonyl (C=O) groups is 1. The van der Waals surface area contributed by atoms with Crippen LogP contribution in [0, 0.1) is 0 Å². The lowest BCUT2D eigenvalue weighted by Crippen LogP contribution is -2.23. The Bertz CT molecular complexity index is 1130. The third kappa shape index (κ3) is 5.42. The molecule has 0 spiro atoms. The van der Waals surface area contributed by atoms with E-state index in [2.05, 4.69) is 15.5 Å². The Kier molecular flexibility index (Phi) is 6.52. The maximum absolute atomic E-state index is 12.9. The van der Waals surface area contributed by atoms with Crippen LogP contribution < -0.4 is 10.9 Å². The number of hydrogen-bond donors (Lipinski definition) is 1. The number of hydrogen-bond acceptors (Lipinski definition) is 5. The Balaban J connectivity index is 1.66. The highest BCUT2D eigenvalue weighted by molar-refractivity contribution is 7.99. The summed E-state index contributed by atoms with van der Waals surface area (Å²) in [5.41, 5.74) is -0.978. The third-order valence-corrected chi connectivity index (χ3v) is 5.24. The van der Waals surface area contributed by atoms with Crippen molar-refractivity contribution in [3.63, 3.8) is 0 Å². The zero-order valence-corrected chi connectivity index (χ0v) is 17.1. The third-order valence-electron chi connectivity index (χ3n) is 3.99. The second-order valence-electron chi connectivity index (χ2n) is 6.19. The molecule has 0 saturated carbocycles. The zero-order chi connectivity index (χ0) is 21.9. The zero-order valence-electron chi connectivity index (χ0n) is 15.5. The quantitative estimate of drug-likeness (QED) is 0.573. The highest BCUT2D eigenvalue weighted by Gasteiger charge is 2.31. The number of halogens is 4. The van der Waals surface area contributed by atoms with Crippen LogP contribution >= 0.6 is 23.4 Å². The predicted octanol–water partition coefficient (Wildman–Crippen LogP) is 3.43. The molecule has 30 heavy (non-hydrogen) atoms. The molecule has 0 aliphatic heterocycles. The molecule has 2 heterocycles. The minimum Gasteiger partial charge on any atom is -0.325 e. The van der Waals surface area contributed by atoms with Gasteiger partial charge in [0.2, 0.25) is 5.91 Å². The fourth-order valence-electron chi connectivity index (χ4n) is 2.48. The van der Waals surface area contributed by atoms with Crippen LogP contribution in [0.4, 0.5) is 18.9 Å². The average Bonchev–Trinajstić information content (AvgIpc) is 3.00. The van der Waals surface area contributed by atoms with Crippen LogP contribution in [0.15, 0.2) is 52.5 Å².